The lowest BCUT2D eigenvalue weighted by atomic mass is 10.0. The summed E-state index contributed by atoms with van der Waals surface area (Å²) in [5, 5.41) is 6.78. The summed E-state index contributed by atoms with van der Waals surface area (Å²) < 4.78 is 32.5. The maximum Gasteiger partial charge on any atom is 0.261 e. The van der Waals surface area contributed by atoms with E-state index in [9.17, 15) is 8.42 Å². The van der Waals surface area contributed by atoms with E-state index < -0.39 is 10.0 Å². The Bertz CT molecular complexity index is 978. The summed E-state index contributed by atoms with van der Waals surface area (Å²) in [4.78, 5) is 4.39. The Labute approximate surface area is 152 Å². The number of pyridine rings is 1. The van der Waals surface area contributed by atoms with Crippen LogP contribution in [0.2, 0.25) is 0 Å². The second kappa shape index (κ2) is 7.17. The van der Waals surface area contributed by atoms with Crippen LogP contribution in [0.15, 0.2) is 58.1 Å². The first-order valence-electron chi connectivity index (χ1n) is 8.13. The molecule has 0 saturated heterocycles. The van der Waals surface area contributed by atoms with Crippen LogP contribution >= 0.6 is 0 Å². The van der Waals surface area contributed by atoms with Gasteiger partial charge in [-0.05, 0) is 42.7 Å². The van der Waals surface area contributed by atoms with Crippen molar-refractivity contribution in [3.05, 3.63) is 60.0 Å². The number of hydrogen-bond donors (Lipinski definition) is 2. The molecule has 0 radical (unpaired) electrons. The molecule has 26 heavy (non-hydrogen) atoms. The van der Waals surface area contributed by atoms with E-state index in [0.717, 1.165) is 5.56 Å². The Hall–Kier alpha value is -2.87. The van der Waals surface area contributed by atoms with E-state index in [-0.39, 0.29) is 4.90 Å². The molecule has 136 valence electrons. The van der Waals surface area contributed by atoms with Crippen molar-refractivity contribution in [2.75, 3.05) is 10.0 Å². The van der Waals surface area contributed by atoms with Gasteiger partial charge in [0.1, 0.15) is 11.6 Å². The number of sulfonamides is 1. The van der Waals surface area contributed by atoms with E-state index in [0.29, 0.717) is 29.0 Å². The predicted molar refractivity (Wildman–Crippen MR) is 100 cm³/mol. The molecule has 0 amide bonds. The van der Waals surface area contributed by atoms with E-state index in [1.54, 1.807) is 37.3 Å². The molecule has 0 aliphatic heterocycles. The molecule has 2 heterocycles. The van der Waals surface area contributed by atoms with Crippen LogP contribution in [0.4, 0.5) is 17.3 Å². The number of aromatic nitrogens is 2. The lowest BCUT2D eigenvalue weighted by Gasteiger charge is -2.10. The van der Waals surface area contributed by atoms with Gasteiger partial charge >= 0.3 is 0 Å². The van der Waals surface area contributed by atoms with Gasteiger partial charge in [0.25, 0.3) is 10.0 Å². The zero-order valence-electron chi connectivity index (χ0n) is 14.7. The Morgan fingerprint density at radius 3 is 2.31 bits per heavy atom. The van der Waals surface area contributed by atoms with E-state index in [1.807, 2.05) is 12.1 Å². The molecular weight excluding hydrogens is 352 g/mol. The highest BCUT2D eigenvalue weighted by Crippen LogP contribution is 2.21. The number of benzene rings is 1. The highest BCUT2D eigenvalue weighted by atomic mass is 32.2. The molecule has 0 unspecified atom stereocenters. The van der Waals surface area contributed by atoms with Crippen LogP contribution in [0.1, 0.15) is 31.1 Å². The average Bonchev–Trinajstić information content (AvgIpc) is 3.01. The van der Waals surface area contributed by atoms with Crippen LogP contribution in [0.3, 0.4) is 0 Å². The molecule has 8 heteroatoms. The maximum atomic E-state index is 12.5. The van der Waals surface area contributed by atoms with Crippen molar-refractivity contribution < 1.29 is 12.9 Å². The van der Waals surface area contributed by atoms with Crippen molar-refractivity contribution >= 4 is 27.3 Å². The predicted octanol–water partition coefficient (Wildman–Crippen LogP) is 4.05. The Morgan fingerprint density at radius 2 is 1.77 bits per heavy atom. The molecule has 2 aromatic heterocycles. The molecule has 3 aromatic rings. The maximum absolute atomic E-state index is 12.5. The number of nitrogens with zero attached hydrogens (tertiary/aromatic N) is 2. The molecule has 3 rings (SSSR count). The molecular formula is C18H20N4O3S. The zero-order valence-corrected chi connectivity index (χ0v) is 15.5. The second-order valence-electron chi connectivity index (χ2n) is 6.21. The molecule has 0 bridgehead atoms. The van der Waals surface area contributed by atoms with Gasteiger partial charge in [0, 0.05) is 6.07 Å². The zero-order chi connectivity index (χ0) is 18.7. The summed E-state index contributed by atoms with van der Waals surface area (Å²) in [6.07, 6.45) is 1.44. The van der Waals surface area contributed by atoms with E-state index in [4.69, 9.17) is 4.52 Å². The molecule has 1 aromatic carbocycles. The Kier molecular flexibility index (Phi) is 4.94. The van der Waals surface area contributed by atoms with Crippen LogP contribution in [0.25, 0.3) is 0 Å². The van der Waals surface area contributed by atoms with Crippen molar-refractivity contribution in [2.24, 2.45) is 0 Å². The normalized spacial score (nSPS) is 11.5. The van der Waals surface area contributed by atoms with E-state index >= 15 is 0 Å². The van der Waals surface area contributed by atoms with Crippen molar-refractivity contribution in [1.29, 1.82) is 0 Å². The number of rotatable bonds is 6. The van der Waals surface area contributed by atoms with Gasteiger partial charge in [-0.3, -0.25) is 4.72 Å². The largest absolute Gasteiger partial charge is 0.360 e. The third kappa shape index (κ3) is 4.20. The summed E-state index contributed by atoms with van der Waals surface area (Å²) in [7, 11) is -3.66. The minimum Gasteiger partial charge on any atom is -0.360 e. The molecule has 0 fully saturated rings. The van der Waals surface area contributed by atoms with Gasteiger partial charge in [-0.1, -0.05) is 31.1 Å². The van der Waals surface area contributed by atoms with Gasteiger partial charge in [-0.15, -0.1) is 0 Å². The van der Waals surface area contributed by atoms with Crippen molar-refractivity contribution in [3.8, 4) is 0 Å². The van der Waals surface area contributed by atoms with Crippen LogP contribution in [0, 0.1) is 6.92 Å². The highest BCUT2D eigenvalue weighted by molar-refractivity contribution is 7.92. The first-order valence-corrected chi connectivity index (χ1v) is 9.61. The third-order valence-electron chi connectivity index (χ3n) is 3.76. The monoisotopic (exact) mass is 372 g/mol. The molecule has 7 nitrogen and oxygen atoms in total. The molecule has 0 spiro atoms. The standard InChI is InChI=1S/C18H20N4O3S/c1-12(2)14-4-7-16(8-5-14)26(23,24)22-15-6-9-17(19-11-15)20-18-10-13(3)25-21-18/h4-12,22H,1-3H3,(H,19,20,21). The lowest BCUT2D eigenvalue weighted by Crippen LogP contribution is -2.13. The SMILES string of the molecule is Cc1cc(Nc2ccc(NS(=O)(=O)c3ccc(C(C)C)cc3)cn2)no1. The van der Waals surface area contributed by atoms with Crippen molar-refractivity contribution in [1.82, 2.24) is 10.1 Å². The van der Waals surface area contributed by atoms with Gasteiger partial charge in [-0.2, -0.15) is 0 Å². The van der Waals surface area contributed by atoms with Gasteiger partial charge in [0.2, 0.25) is 0 Å². The molecule has 0 saturated carbocycles. The molecule has 2 N–H and O–H groups in total. The summed E-state index contributed by atoms with van der Waals surface area (Å²) in [6, 6.07) is 11.9. The molecule has 0 aliphatic carbocycles. The fraction of sp³-hybridized carbons (Fsp3) is 0.222. The van der Waals surface area contributed by atoms with Crippen molar-refractivity contribution in [3.63, 3.8) is 0 Å². The number of anilines is 3. The summed E-state index contributed by atoms with van der Waals surface area (Å²) >= 11 is 0. The van der Waals surface area contributed by atoms with Gasteiger partial charge in [0.05, 0.1) is 16.8 Å². The van der Waals surface area contributed by atoms with E-state index in [1.165, 1.54) is 6.20 Å². The number of aryl methyl sites for hydroxylation is 1. The van der Waals surface area contributed by atoms with Crippen molar-refractivity contribution in [2.45, 2.75) is 31.6 Å². The first-order chi connectivity index (χ1) is 12.3. The summed E-state index contributed by atoms with van der Waals surface area (Å²) in [6.45, 7) is 5.91. The van der Waals surface area contributed by atoms with Crippen LogP contribution in [0.5, 0.6) is 0 Å². The van der Waals surface area contributed by atoms with Gasteiger partial charge in [-0.25, -0.2) is 13.4 Å². The quantitative estimate of drug-likeness (QED) is 0.678. The molecule has 0 aliphatic rings. The molecule has 0 atom stereocenters. The average molecular weight is 372 g/mol. The van der Waals surface area contributed by atoms with Gasteiger partial charge in [0.15, 0.2) is 5.82 Å². The Morgan fingerprint density at radius 1 is 1.04 bits per heavy atom. The van der Waals surface area contributed by atoms with Gasteiger partial charge < -0.3 is 9.84 Å². The minimum atomic E-state index is -3.66. The minimum absolute atomic E-state index is 0.210. The smallest absolute Gasteiger partial charge is 0.261 e. The fourth-order valence-electron chi connectivity index (χ4n) is 2.33. The van der Waals surface area contributed by atoms with E-state index in [2.05, 4.69) is 34.0 Å². The lowest BCUT2D eigenvalue weighted by molar-refractivity contribution is 0.400. The first kappa shape index (κ1) is 17.9. The third-order valence-corrected chi connectivity index (χ3v) is 5.15. The highest BCUT2D eigenvalue weighted by Gasteiger charge is 2.15. The van der Waals surface area contributed by atoms with Crippen LogP contribution in [-0.4, -0.2) is 18.6 Å². The fourth-order valence-corrected chi connectivity index (χ4v) is 3.37. The number of nitrogens with one attached hydrogen (secondary N) is 2. The second-order valence-corrected chi connectivity index (χ2v) is 7.89. The summed E-state index contributed by atoms with van der Waals surface area (Å²) in [5.74, 6) is 2.09. The Balaban J connectivity index is 1.71. The van der Waals surface area contributed by atoms with Crippen LogP contribution < -0.4 is 10.0 Å². The summed E-state index contributed by atoms with van der Waals surface area (Å²) in [5.41, 5.74) is 1.46. The number of hydrogen-bond acceptors (Lipinski definition) is 6. The topological polar surface area (TPSA) is 97.1 Å². The van der Waals surface area contributed by atoms with Crippen LogP contribution in [-0.2, 0) is 10.0 Å².